The van der Waals surface area contributed by atoms with Crippen molar-refractivity contribution in [3.63, 3.8) is 0 Å². The molecule has 0 aromatic heterocycles. The van der Waals surface area contributed by atoms with E-state index in [9.17, 15) is 19.8 Å². The first-order valence-electron chi connectivity index (χ1n) is 5.64. The maximum Gasteiger partial charge on any atom is 2.00 e. The van der Waals surface area contributed by atoms with Gasteiger partial charge in [0, 0.05) is 0 Å². The summed E-state index contributed by atoms with van der Waals surface area (Å²) in [4.78, 5) is 21.0. The Morgan fingerprint density at radius 3 is 2.18 bits per heavy atom. The van der Waals surface area contributed by atoms with Crippen molar-refractivity contribution < 1.29 is 39.3 Å². The number of rotatable bonds is 8. The van der Waals surface area contributed by atoms with Crippen LogP contribution in [0.4, 0.5) is 0 Å². The zero-order valence-electron chi connectivity index (χ0n) is 10.5. The predicted octanol–water partition coefficient (Wildman–Crippen LogP) is 0.0166. The molecule has 0 aliphatic carbocycles. The quantitative estimate of drug-likeness (QED) is 0.466. The molecule has 0 aliphatic rings. The molecule has 0 amide bonds. The SMILES string of the molecule is CCCCC(CC)CC(=CC(=O)[O-])C(=O)[O-].[Zn+2]. The van der Waals surface area contributed by atoms with Crippen molar-refractivity contribution in [1.29, 1.82) is 0 Å². The van der Waals surface area contributed by atoms with Crippen molar-refractivity contribution in [3.05, 3.63) is 11.6 Å². The molecule has 0 radical (unpaired) electrons. The normalized spacial score (nSPS) is 12.7. The minimum absolute atomic E-state index is 0. The fraction of sp³-hybridized carbons (Fsp3) is 0.667. The van der Waals surface area contributed by atoms with E-state index in [1.807, 2.05) is 6.92 Å². The van der Waals surface area contributed by atoms with Crippen LogP contribution in [0.25, 0.3) is 0 Å². The Balaban J connectivity index is 0. The molecule has 92 valence electrons. The average molecular weight is 292 g/mol. The largest absolute Gasteiger partial charge is 2.00 e. The van der Waals surface area contributed by atoms with Gasteiger partial charge in [-0.3, -0.25) is 0 Å². The summed E-state index contributed by atoms with van der Waals surface area (Å²) >= 11 is 0. The topological polar surface area (TPSA) is 80.3 Å². The Labute approximate surface area is 115 Å². The molecule has 0 saturated carbocycles. The summed E-state index contributed by atoms with van der Waals surface area (Å²) in [6.45, 7) is 4.02. The molecule has 0 bridgehead atoms. The molecule has 5 heteroatoms. The van der Waals surface area contributed by atoms with Crippen molar-refractivity contribution in [2.45, 2.75) is 46.0 Å². The molecule has 1 unspecified atom stereocenters. The fourth-order valence-electron chi connectivity index (χ4n) is 1.60. The summed E-state index contributed by atoms with van der Waals surface area (Å²) in [6.07, 6.45) is 4.67. The third kappa shape index (κ3) is 9.05. The monoisotopic (exact) mass is 290 g/mol. The van der Waals surface area contributed by atoms with Gasteiger partial charge in [0.25, 0.3) is 0 Å². The fourth-order valence-corrected chi connectivity index (χ4v) is 1.60. The van der Waals surface area contributed by atoms with Gasteiger partial charge >= 0.3 is 19.5 Å². The maximum atomic E-state index is 10.7. The van der Waals surface area contributed by atoms with Gasteiger partial charge in [-0.25, -0.2) is 0 Å². The zero-order valence-corrected chi connectivity index (χ0v) is 13.5. The Bertz CT molecular complexity index is 274. The molecule has 0 heterocycles. The van der Waals surface area contributed by atoms with Crippen LogP contribution in [0.3, 0.4) is 0 Å². The number of carboxylic acids is 2. The Morgan fingerprint density at radius 2 is 1.82 bits per heavy atom. The van der Waals surface area contributed by atoms with Crippen molar-refractivity contribution in [2.75, 3.05) is 0 Å². The van der Waals surface area contributed by atoms with E-state index in [1.54, 1.807) is 0 Å². The molecule has 0 aromatic rings. The minimum atomic E-state index is -1.48. The van der Waals surface area contributed by atoms with Crippen LogP contribution in [-0.4, -0.2) is 11.9 Å². The maximum absolute atomic E-state index is 10.7. The van der Waals surface area contributed by atoms with Crippen LogP contribution in [0.5, 0.6) is 0 Å². The van der Waals surface area contributed by atoms with Gasteiger partial charge in [0.2, 0.25) is 0 Å². The van der Waals surface area contributed by atoms with Gasteiger partial charge in [0.1, 0.15) is 0 Å². The van der Waals surface area contributed by atoms with Gasteiger partial charge in [-0.15, -0.1) is 0 Å². The van der Waals surface area contributed by atoms with E-state index >= 15 is 0 Å². The summed E-state index contributed by atoms with van der Waals surface area (Å²) in [5.74, 6) is -2.70. The number of hydrogen-bond donors (Lipinski definition) is 0. The number of carbonyl (C=O) groups is 2. The summed E-state index contributed by atoms with van der Waals surface area (Å²) in [6, 6.07) is 0. The van der Waals surface area contributed by atoms with Crippen LogP contribution < -0.4 is 10.2 Å². The van der Waals surface area contributed by atoms with Crippen LogP contribution in [-0.2, 0) is 29.1 Å². The summed E-state index contributed by atoms with van der Waals surface area (Å²) in [5.41, 5.74) is -0.178. The van der Waals surface area contributed by atoms with Crippen molar-refractivity contribution in [3.8, 4) is 0 Å². The molecule has 0 N–H and O–H groups in total. The Hall–Kier alpha value is -0.697. The molecule has 0 fully saturated rings. The number of carboxylic acid groups (broad SMARTS) is 2. The van der Waals surface area contributed by atoms with Crippen LogP contribution in [0.15, 0.2) is 11.6 Å². The van der Waals surface area contributed by atoms with Gasteiger partial charge in [-0.2, -0.15) is 0 Å². The van der Waals surface area contributed by atoms with Gasteiger partial charge in [-0.05, 0) is 24.0 Å². The van der Waals surface area contributed by atoms with Crippen LogP contribution in [0.2, 0.25) is 0 Å². The molecule has 0 spiro atoms. The second-order valence-corrected chi connectivity index (χ2v) is 3.90. The van der Waals surface area contributed by atoms with Crippen molar-refractivity contribution in [1.82, 2.24) is 0 Å². The molecule has 1 atom stereocenters. The molecular weight excluding hydrogens is 274 g/mol. The predicted molar refractivity (Wildman–Crippen MR) is 56.0 cm³/mol. The van der Waals surface area contributed by atoms with Crippen molar-refractivity contribution in [2.24, 2.45) is 5.92 Å². The van der Waals surface area contributed by atoms with Gasteiger partial charge in [0.05, 0.1) is 11.9 Å². The molecular formula is C12H18O4Zn. The summed E-state index contributed by atoms with van der Waals surface area (Å²) in [5, 5.41) is 21.0. The molecule has 17 heavy (non-hydrogen) atoms. The van der Waals surface area contributed by atoms with Gasteiger partial charge < -0.3 is 19.8 Å². The molecule has 4 nitrogen and oxygen atoms in total. The number of aliphatic carboxylic acids is 2. The van der Waals surface area contributed by atoms with E-state index < -0.39 is 11.9 Å². The standard InChI is InChI=1S/C12H20O4.Zn/c1-3-5-6-9(4-2)7-10(12(15)16)8-11(13)14;/h8-9H,3-7H2,1-2H3,(H,13,14)(H,15,16);/q;+2/p-2. The Morgan fingerprint density at radius 1 is 1.24 bits per heavy atom. The van der Waals surface area contributed by atoms with E-state index in [4.69, 9.17) is 0 Å². The Kier molecular flexibility index (Phi) is 11.5. The first-order valence-corrected chi connectivity index (χ1v) is 5.64. The number of carbonyl (C=O) groups excluding carboxylic acids is 2. The number of hydrogen-bond acceptors (Lipinski definition) is 4. The smallest absolute Gasteiger partial charge is 0.545 e. The second kappa shape index (κ2) is 10.5. The molecule has 0 saturated heterocycles. The number of unbranched alkanes of at least 4 members (excludes halogenated alkanes) is 1. The first kappa shape index (κ1) is 18.7. The average Bonchev–Trinajstić information content (AvgIpc) is 2.21. The minimum Gasteiger partial charge on any atom is -0.545 e. The summed E-state index contributed by atoms with van der Waals surface area (Å²) < 4.78 is 0. The first-order chi connectivity index (χ1) is 7.51. The van der Waals surface area contributed by atoms with E-state index in [1.165, 1.54) is 0 Å². The molecule has 0 aromatic carbocycles. The van der Waals surface area contributed by atoms with Crippen LogP contribution in [0.1, 0.15) is 46.0 Å². The zero-order chi connectivity index (χ0) is 12.6. The molecule has 0 rings (SSSR count). The van der Waals surface area contributed by atoms with E-state index in [2.05, 4.69) is 6.92 Å². The molecule has 0 aliphatic heterocycles. The van der Waals surface area contributed by atoms with E-state index in [0.29, 0.717) is 6.08 Å². The third-order valence-electron chi connectivity index (χ3n) is 2.61. The van der Waals surface area contributed by atoms with Crippen LogP contribution in [0, 0.1) is 5.92 Å². The van der Waals surface area contributed by atoms with Crippen LogP contribution >= 0.6 is 0 Å². The van der Waals surface area contributed by atoms with E-state index in [-0.39, 0.29) is 37.4 Å². The van der Waals surface area contributed by atoms with Gasteiger partial charge in [-0.1, -0.05) is 39.5 Å². The second-order valence-electron chi connectivity index (χ2n) is 3.90. The van der Waals surface area contributed by atoms with Gasteiger partial charge in [0.15, 0.2) is 0 Å². The summed E-state index contributed by atoms with van der Waals surface area (Å²) in [7, 11) is 0. The third-order valence-corrected chi connectivity index (χ3v) is 2.61. The van der Waals surface area contributed by atoms with Crippen molar-refractivity contribution >= 4 is 11.9 Å². The van der Waals surface area contributed by atoms with E-state index in [0.717, 1.165) is 25.7 Å².